The van der Waals surface area contributed by atoms with Crippen molar-refractivity contribution in [1.29, 1.82) is 0 Å². The fourth-order valence-corrected chi connectivity index (χ4v) is 2.33. The number of rotatable bonds is 1. The van der Waals surface area contributed by atoms with Gasteiger partial charge in [-0.15, -0.1) is 0 Å². The van der Waals surface area contributed by atoms with Crippen LogP contribution in [0.1, 0.15) is 29.6 Å². The van der Waals surface area contributed by atoms with Crippen LogP contribution in [0.3, 0.4) is 0 Å². The van der Waals surface area contributed by atoms with E-state index < -0.39 is 0 Å². The molecule has 0 N–H and O–H groups in total. The first-order valence-corrected chi connectivity index (χ1v) is 5.41. The fraction of sp³-hybridized carbons (Fsp3) is 0.333. The molecule has 1 aliphatic rings. The highest BCUT2D eigenvalue weighted by atomic mass is 19.1. The molecule has 0 saturated heterocycles. The molecule has 2 heterocycles. The number of benzene rings is 1. The van der Waals surface area contributed by atoms with Gasteiger partial charge in [-0.05, 0) is 25.0 Å². The molecule has 1 unspecified atom stereocenters. The smallest absolute Gasteiger partial charge is 0.147 e. The highest BCUT2D eigenvalue weighted by Crippen LogP contribution is 2.33. The van der Waals surface area contributed by atoms with Crippen LogP contribution in [0.2, 0.25) is 0 Å². The molecule has 16 heavy (non-hydrogen) atoms. The van der Waals surface area contributed by atoms with Crippen LogP contribution in [-0.2, 0) is 6.54 Å². The minimum Gasteiger partial charge on any atom is -0.249 e. The third-order valence-corrected chi connectivity index (χ3v) is 3.03. The maximum Gasteiger partial charge on any atom is 0.147 e. The van der Waals surface area contributed by atoms with Crippen LogP contribution >= 0.6 is 0 Å². The van der Waals surface area contributed by atoms with Crippen LogP contribution in [0.15, 0.2) is 24.3 Å². The number of halogens is 1. The molecule has 1 atom stereocenters. The van der Waals surface area contributed by atoms with Gasteiger partial charge in [0.15, 0.2) is 0 Å². The molecule has 0 saturated carbocycles. The van der Waals surface area contributed by atoms with Crippen molar-refractivity contribution in [3.8, 4) is 0 Å². The Morgan fingerprint density at radius 1 is 1.38 bits per heavy atom. The first kappa shape index (κ1) is 9.51. The third kappa shape index (κ3) is 1.33. The SMILES string of the molecule is Cc1nc2n(n1)CCC2c1ccccc1F. The average molecular weight is 217 g/mol. The van der Waals surface area contributed by atoms with E-state index >= 15 is 0 Å². The quantitative estimate of drug-likeness (QED) is 0.733. The molecule has 3 nitrogen and oxygen atoms in total. The van der Waals surface area contributed by atoms with Crippen LogP contribution in [0.25, 0.3) is 0 Å². The average Bonchev–Trinajstić information content (AvgIpc) is 2.78. The molecule has 3 rings (SSSR count). The Morgan fingerprint density at radius 3 is 3.00 bits per heavy atom. The van der Waals surface area contributed by atoms with Gasteiger partial charge in [-0.1, -0.05) is 18.2 Å². The zero-order valence-corrected chi connectivity index (χ0v) is 9.02. The lowest BCUT2D eigenvalue weighted by Crippen LogP contribution is -2.01. The highest BCUT2D eigenvalue weighted by Gasteiger charge is 2.28. The summed E-state index contributed by atoms with van der Waals surface area (Å²) in [7, 11) is 0. The first-order chi connectivity index (χ1) is 7.75. The maximum atomic E-state index is 13.7. The lowest BCUT2D eigenvalue weighted by atomic mass is 9.97. The van der Waals surface area contributed by atoms with Crippen molar-refractivity contribution in [3.05, 3.63) is 47.3 Å². The summed E-state index contributed by atoms with van der Waals surface area (Å²) >= 11 is 0. The summed E-state index contributed by atoms with van der Waals surface area (Å²) in [5, 5.41) is 4.28. The molecule has 82 valence electrons. The summed E-state index contributed by atoms with van der Waals surface area (Å²) in [6.07, 6.45) is 0.885. The van der Waals surface area contributed by atoms with Crippen molar-refractivity contribution in [3.63, 3.8) is 0 Å². The van der Waals surface area contributed by atoms with Crippen molar-refractivity contribution in [1.82, 2.24) is 14.8 Å². The van der Waals surface area contributed by atoms with Crippen molar-refractivity contribution >= 4 is 0 Å². The lowest BCUT2D eigenvalue weighted by Gasteiger charge is -2.08. The molecule has 0 bridgehead atoms. The Hall–Kier alpha value is -1.71. The molecule has 0 amide bonds. The van der Waals surface area contributed by atoms with Gasteiger partial charge in [0.25, 0.3) is 0 Å². The van der Waals surface area contributed by atoms with E-state index in [4.69, 9.17) is 0 Å². The van der Waals surface area contributed by atoms with Gasteiger partial charge in [0.1, 0.15) is 17.5 Å². The predicted octanol–water partition coefficient (Wildman–Crippen LogP) is 2.26. The van der Waals surface area contributed by atoms with E-state index in [2.05, 4.69) is 10.1 Å². The Labute approximate surface area is 92.9 Å². The maximum absolute atomic E-state index is 13.7. The number of fused-ring (bicyclic) bond motifs is 1. The minimum absolute atomic E-state index is 0.0578. The molecular formula is C12H12FN3. The number of hydrogen-bond donors (Lipinski definition) is 0. The lowest BCUT2D eigenvalue weighted by molar-refractivity contribution is 0.589. The van der Waals surface area contributed by atoms with Crippen molar-refractivity contribution in [2.45, 2.75) is 25.8 Å². The number of nitrogens with zero attached hydrogens (tertiary/aromatic N) is 3. The molecule has 1 aromatic carbocycles. The zero-order chi connectivity index (χ0) is 11.1. The number of aryl methyl sites for hydroxylation is 2. The van der Waals surface area contributed by atoms with E-state index in [9.17, 15) is 4.39 Å². The molecule has 4 heteroatoms. The van der Waals surface area contributed by atoms with E-state index in [1.807, 2.05) is 23.7 Å². The second kappa shape index (κ2) is 3.40. The largest absolute Gasteiger partial charge is 0.249 e. The van der Waals surface area contributed by atoms with Crippen LogP contribution < -0.4 is 0 Å². The highest BCUT2D eigenvalue weighted by molar-refractivity contribution is 5.28. The van der Waals surface area contributed by atoms with Crippen LogP contribution in [0.5, 0.6) is 0 Å². The minimum atomic E-state index is -0.151. The van der Waals surface area contributed by atoms with Crippen molar-refractivity contribution in [2.75, 3.05) is 0 Å². The van der Waals surface area contributed by atoms with E-state index in [0.29, 0.717) is 0 Å². The normalized spacial score (nSPS) is 18.8. The molecule has 1 aromatic heterocycles. The first-order valence-electron chi connectivity index (χ1n) is 5.41. The Morgan fingerprint density at radius 2 is 2.19 bits per heavy atom. The topological polar surface area (TPSA) is 30.7 Å². The van der Waals surface area contributed by atoms with Gasteiger partial charge in [-0.2, -0.15) is 5.10 Å². The fourth-order valence-electron chi connectivity index (χ4n) is 2.33. The van der Waals surface area contributed by atoms with Crippen LogP contribution in [0.4, 0.5) is 4.39 Å². The molecule has 0 spiro atoms. The molecular weight excluding hydrogens is 205 g/mol. The van der Waals surface area contributed by atoms with E-state index in [1.165, 1.54) is 6.07 Å². The molecule has 0 aliphatic carbocycles. The van der Waals surface area contributed by atoms with Gasteiger partial charge in [0.2, 0.25) is 0 Å². The molecule has 0 radical (unpaired) electrons. The second-order valence-corrected chi connectivity index (χ2v) is 4.10. The zero-order valence-electron chi connectivity index (χ0n) is 9.02. The van der Waals surface area contributed by atoms with Crippen molar-refractivity contribution in [2.24, 2.45) is 0 Å². The van der Waals surface area contributed by atoms with E-state index in [1.54, 1.807) is 6.07 Å². The van der Waals surface area contributed by atoms with Gasteiger partial charge >= 0.3 is 0 Å². The van der Waals surface area contributed by atoms with Gasteiger partial charge in [-0.3, -0.25) is 0 Å². The van der Waals surface area contributed by atoms with Gasteiger partial charge in [-0.25, -0.2) is 14.1 Å². The van der Waals surface area contributed by atoms with Gasteiger partial charge in [0.05, 0.1) is 0 Å². The Balaban J connectivity index is 2.07. The summed E-state index contributed by atoms with van der Waals surface area (Å²) in [5.41, 5.74) is 0.730. The van der Waals surface area contributed by atoms with Gasteiger partial charge < -0.3 is 0 Å². The van der Waals surface area contributed by atoms with Crippen LogP contribution in [-0.4, -0.2) is 14.8 Å². The third-order valence-electron chi connectivity index (χ3n) is 3.03. The summed E-state index contributed by atoms with van der Waals surface area (Å²) in [5.74, 6) is 1.56. The summed E-state index contributed by atoms with van der Waals surface area (Å²) in [6.45, 7) is 2.69. The summed E-state index contributed by atoms with van der Waals surface area (Å²) < 4.78 is 15.6. The van der Waals surface area contributed by atoms with E-state index in [0.717, 1.165) is 30.2 Å². The second-order valence-electron chi connectivity index (χ2n) is 4.10. The standard InChI is InChI=1S/C12H12FN3/c1-8-14-12-10(6-7-16(12)15-8)9-4-2-3-5-11(9)13/h2-5,10H,6-7H2,1H3. The van der Waals surface area contributed by atoms with Gasteiger partial charge in [0, 0.05) is 12.5 Å². The Bertz CT molecular complexity index is 533. The molecule has 0 fully saturated rings. The predicted molar refractivity (Wildman–Crippen MR) is 57.6 cm³/mol. The molecule has 1 aliphatic heterocycles. The number of aromatic nitrogens is 3. The van der Waals surface area contributed by atoms with Crippen molar-refractivity contribution < 1.29 is 4.39 Å². The molecule has 2 aromatic rings. The number of hydrogen-bond acceptors (Lipinski definition) is 2. The monoisotopic (exact) mass is 217 g/mol. The summed E-state index contributed by atoms with van der Waals surface area (Å²) in [6, 6.07) is 6.91. The summed E-state index contributed by atoms with van der Waals surface area (Å²) in [4.78, 5) is 4.38. The van der Waals surface area contributed by atoms with E-state index in [-0.39, 0.29) is 11.7 Å². The van der Waals surface area contributed by atoms with Crippen LogP contribution in [0, 0.1) is 12.7 Å². The Kier molecular flexibility index (Phi) is 2.02.